The summed E-state index contributed by atoms with van der Waals surface area (Å²) in [5, 5.41) is 3.25. The Morgan fingerprint density at radius 2 is 1.52 bits per heavy atom. The average Bonchev–Trinajstić information content (AvgIpc) is 2.48. The van der Waals surface area contributed by atoms with Crippen LogP contribution in [-0.2, 0) is 0 Å². The predicted molar refractivity (Wildman–Crippen MR) is 75.7 cm³/mol. The topological polar surface area (TPSA) is 12.0 Å². The highest BCUT2D eigenvalue weighted by Gasteiger charge is 2.31. The Morgan fingerprint density at radius 1 is 0.857 bits per heavy atom. The molecule has 2 aromatic carbocycles. The first-order chi connectivity index (χ1) is 10.2. The summed E-state index contributed by atoms with van der Waals surface area (Å²) < 4.78 is 41.2. The molecule has 1 aliphatic heterocycles. The van der Waals surface area contributed by atoms with E-state index in [-0.39, 0.29) is 23.2 Å². The molecule has 0 amide bonds. The average molecular weight is 291 g/mol. The van der Waals surface area contributed by atoms with Gasteiger partial charge in [0.05, 0.1) is 0 Å². The van der Waals surface area contributed by atoms with E-state index >= 15 is 0 Å². The minimum atomic E-state index is -0.506. The minimum absolute atomic E-state index is 0.0641. The van der Waals surface area contributed by atoms with Crippen LogP contribution in [0, 0.1) is 17.5 Å². The maximum absolute atomic E-state index is 14.1. The highest BCUT2D eigenvalue weighted by Crippen LogP contribution is 2.39. The molecule has 0 spiro atoms. The fourth-order valence-electron chi connectivity index (χ4n) is 3.13. The van der Waals surface area contributed by atoms with Crippen molar-refractivity contribution in [3.8, 4) is 0 Å². The van der Waals surface area contributed by atoms with Gasteiger partial charge in [0.25, 0.3) is 0 Å². The molecule has 2 aromatic rings. The number of hydrogen-bond acceptors (Lipinski definition) is 1. The van der Waals surface area contributed by atoms with E-state index in [0.29, 0.717) is 13.0 Å². The van der Waals surface area contributed by atoms with Gasteiger partial charge in [0, 0.05) is 18.0 Å². The smallest absolute Gasteiger partial charge is 0.129 e. The van der Waals surface area contributed by atoms with Gasteiger partial charge in [0.1, 0.15) is 17.5 Å². The van der Waals surface area contributed by atoms with Gasteiger partial charge in [0.2, 0.25) is 0 Å². The number of halogens is 3. The first-order valence-electron chi connectivity index (χ1n) is 7.07. The Bertz CT molecular complexity index is 604. The van der Waals surface area contributed by atoms with Crippen molar-refractivity contribution < 1.29 is 13.2 Å². The quantitative estimate of drug-likeness (QED) is 0.883. The molecule has 0 radical (unpaired) electrons. The van der Waals surface area contributed by atoms with E-state index in [9.17, 15) is 13.2 Å². The molecule has 0 bridgehead atoms. The summed E-state index contributed by atoms with van der Waals surface area (Å²) in [5.41, 5.74) is 1.05. The largest absolute Gasteiger partial charge is 0.316 e. The third kappa shape index (κ3) is 2.81. The second-order valence-corrected chi connectivity index (χ2v) is 5.39. The molecule has 1 nitrogen and oxygen atoms in total. The van der Waals surface area contributed by atoms with Crippen molar-refractivity contribution in [3.63, 3.8) is 0 Å². The fraction of sp³-hybridized carbons (Fsp3) is 0.294. The van der Waals surface area contributed by atoms with Gasteiger partial charge in [-0.3, -0.25) is 0 Å². The van der Waals surface area contributed by atoms with Crippen molar-refractivity contribution in [2.45, 2.75) is 18.3 Å². The van der Waals surface area contributed by atoms with Crippen molar-refractivity contribution in [1.82, 2.24) is 5.32 Å². The molecule has 1 saturated heterocycles. The molecular formula is C17H16F3N. The Morgan fingerprint density at radius 3 is 2.19 bits per heavy atom. The highest BCUT2D eigenvalue weighted by atomic mass is 19.1. The molecule has 0 aliphatic carbocycles. The van der Waals surface area contributed by atoms with Crippen LogP contribution in [-0.4, -0.2) is 13.1 Å². The van der Waals surface area contributed by atoms with Gasteiger partial charge in [-0.05, 0) is 48.7 Å². The maximum Gasteiger partial charge on any atom is 0.129 e. The standard InChI is InChI=1S/C17H16F3N/c18-12-6-4-11(5-7-12)14-10-21-9-8-13(14)17-15(19)2-1-3-16(17)20/h1-7,13-14,21H,8-10H2. The van der Waals surface area contributed by atoms with Crippen molar-refractivity contribution >= 4 is 0 Å². The lowest BCUT2D eigenvalue weighted by atomic mass is 9.77. The van der Waals surface area contributed by atoms with Crippen LogP contribution >= 0.6 is 0 Å². The lowest BCUT2D eigenvalue weighted by Crippen LogP contribution is -2.34. The van der Waals surface area contributed by atoms with Crippen molar-refractivity contribution in [3.05, 3.63) is 71.0 Å². The number of hydrogen-bond donors (Lipinski definition) is 1. The Balaban J connectivity index is 2.00. The summed E-state index contributed by atoms with van der Waals surface area (Å²) >= 11 is 0. The summed E-state index contributed by atoms with van der Waals surface area (Å²) in [6.45, 7) is 1.35. The first kappa shape index (κ1) is 14.1. The Kier molecular flexibility index (Phi) is 3.97. The molecule has 0 saturated carbocycles. The van der Waals surface area contributed by atoms with Crippen LogP contribution in [0.1, 0.15) is 29.4 Å². The molecule has 2 atom stereocenters. The van der Waals surface area contributed by atoms with Crippen LogP contribution in [0.25, 0.3) is 0 Å². The van der Waals surface area contributed by atoms with Crippen molar-refractivity contribution in [2.75, 3.05) is 13.1 Å². The molecule has 21 heavy (non-hydrogen) atoms. The van der Waals surface area contributed by atoms with E-state index in [1.165, 1.54) is 30.3 Å². The molecule has 110 valence electrons. The number of rotatable bonds is 2. The summed E-state index contributed by atoms with van der Waals surface area (Å²) in [4.78, 5) is 0. The van der Waals surface area contributed by atoms with E-state index in [4.69, 9.17) is 0 Å². The zero-order valence-corrected chi connectivity index (χ0v) is 11.5. The van der Waals surface area contributed by atoms with Gasteiger partial charge in [-0.25, -0.2) is 13.2 Å². The Labute approximate surface area is 121 Å². The van der Waals surface area contributed by atoms with Gasteiger partial charge in [-0.15, -0.1) is 0 Å². The summed E-state index contributed by atoms with van der Waals surface area (Å²) in [7, 11) is 0. The summed E-state index contributed by atoms with van der Waals surface area (Å²) in [5.74, 6) is -1.62. The van der Waals surface area contributed by atoms with E-state index in [0.717, 1.165) is 12.1 Å². The van der Waals surface area contributed by atoms with Gasteiger partial charge in [-0.2, -0.15) is 0 Å². The van der Waals surface area contributed by atoms with Crippen LogP contribution in [0.2, 0.25) is 0 Å². The Hall–Kier alpha value is -1.81. The molecule has 3 rings (SSSR count). The highest BCUT2D eigenvalue weighted by molar-refractivity contribution is 5.32. The molecule has 1 N–H and O–H groups in total. The summed E-state index contributed by atoms with van der Waals surface area (Å²) in [6.07, 6.45) is 0.653. The van der Waals surface area contributed by atoms with E-state index in [1.54, 1.807) is 12.1 Å². The van der Waals surface area contributed by atoms with Crippen LogP contribution < -0.4 is 5.32 Å². The van der Waals surface area contributed by atoms with Crippen LogP contribution in [0.5, 0.6) is 0 Å². The third-order valence-electron chi connectivity index (χ3n) is 4.15. The molecule has 1 fully saturated rings. The molecule has 1 aliphatic rings. The van der Waals surface area contributed by atoms with Gasteiger partial charge in [-0.1, -0.05) is 18.2 Å². The number of benzene rings is 2. The third-order valence-corrected chi connectivity index (χ3v) is 4.15. The molecular weight excluding hydrogens is 275 g/mol. The normalized spacial score (nSPS) is 22.2. The molecule has 4 heteroatoms. The van der Waals surface area contributed by atoms with Crippen LogP contribution in [0.4, 0.5) is 13.2 Å². The zero-order valence-electron chi connectivity index (χ0n) is 11.5. The predicted octanol–water partition coefficient (Wildman–Crippen LogP) is 3.96. The minimum Gasteiger partial charge on any atom is -0.316 e. The van der Waals surface area contributed by atoms with Crippen molar-refractivity contribution in [1.29, 1.82) is 0 Å². The van der Waals surface area contributed by atoms with E-state index in [1.807, 2.05) is 0 Å². The maximum atomic E-state index is 14.1. The monoisotopic (exact) mass is 291 g/mol. The molecule has 1 heterocycles. The number of nitrogens with one attached hydrogen (secondary N) is 1. The fourth-order valence-corrected chi connectivity index (χ4v) is 3.13. The van der Waals surface area contributed by atoms with Gasteiger partial charge >= 0.3 is 0 Å². The van der Waals surface area contributed by atoms with Crippen LogP contribution in [0.3, 0.4) is 0 Å². The lowest BCUT2D eigenvalue weighted by molar-refractivity contribution is 0.380. The van der Waals surface area contributed by atoms with Crippen LogP contribution in [0.15, 0.2) is 42.5 Å². The first-order valence-corrected chi connectivity index (χ1v) is 7.07. The lowest BCUT2D eigenvalue weighted by Gasteiger charge is -2.33. The SMILES string of the molecule is Fc1ccc(C2CNCCC2c2c(F)cccc2F)cc1. The molecule has 0 aromatic heterocycles. The van der Waals surface area contributed by atoms with Crippen molar-refractivity contribution in [2.24, 2.45) is 0 Å². The number of piperidine rings is 1. The zero-order chi connectivity index (χ0) is 14.8. The summed E-state index contributed by atoms with van der Waals surface area (Å²) in [6, 6.07) is 10.1. The van der Waals surface area contributed by atoms with E-state index in [2.05, 4.69) is 5.32 Å². The van der Waals surface area contributed by atoms with E-state index < -0.39 is 11.6 Å². The molecule has 2 unspecified atom stereocenters. The second-order valence-electron chi connectivity index (χ2n) is 5.39. The van der Waals surface area contributed by atoms with Gasteiger partial charge in [0.15, 0.2) is 0 Å². The second kappa shape index (κ2) is 5.90. The van der Waals surface area contributed by atoms with Gasteiger partial charge < -0.3 is 5.32 Å².